The SMILES string of the molecule is CN=C(NCc1cc(F)cc(F)c1)N(C)Cc1ccon1. The number of benzene rings is 1. The maximum absolute atomic E-state index is 13.1. The fourth-order valence-corrected chi connectivity index (χ4v) is 1.92. The van der Waals surface area contributed by atoms with E-state index in [9.17, 15) is 8.78 Å². The van der Waals surface area contributed by atoms with Crippen molar-refractivity contribution in [3.05, 3.63) is 53.4 Å². The molecule has 0 fully saturated rings. The molecule has 112 valence electrons. The van der Waals surface area contributed by atoms with Gasteiger partial charge in [0, 0.05) is 32.8 Å². The summed E-state index contributed by atoms with van der Waals surface area (Å²) in [6, 6.07) is 5.16. The van der Waals surface area contributed by atoms with Gasteiger partial charge in [-0.05, 0) is 17.7 Å². The number of rotatable bonds is 4. The van der Waals surface area contributed by atoms with Crippen LogP contribution in [0.4, 0.5) is 8.78 Å². The molecule has 1 N–H and O–H groups in total. The van der Waals surface area contributed by atoms with Crippen LogP contribution in [0.5, 0.6) is 0 Å². The van der Waals surface area contributed by atoms with Crippen molar-refractivity contribution in [1.82, 2.24) is 15.4 Å². The Morgan fingerprint density at radius 3 is 2.62 bits per heavy atom. The largest absolute Gasteiger partial charge is 0.364 e. The Morgan fingerprint density at radius 1 is 1.33 bits per heavy atom. The summed E-state index contributed by atoms with van der Waals surface area (Å²) in [5.41, 5.74) is 1.26. The highest BCUT2D eigenvalue weighted by Crippen LogP contribution is 2.08. The van der Waals surface area contributed by atoms with Crippen molar-refractivity contribution in [1.29, 1.82) is 0 Å². The molecule has 5 nitrogen and oxygen atoms in total. The maximum atomic E-state index is 13.1. The first kappa shape index (κ1) is 15.0. The van der Waals surface area contributed by atoms with E-state index in [0.29, 0.717) is 18.1 Å². The Bertz CT molecular complexity index is 593. The van der Waals surface area contributed by atoms with Crippen LogP contribution in [0.25, 0.3) is 0 Å². The van der Waals surface area contributed by atoms with Gasteiger partial charge in [0.05, 0.1) is 6.54 Å². The van der Waals surface area contributed by atoms with Gasteiger partial charge >= 0.3 is 0 Å². The Balaban J connectivity index is 1.96. The molecule has 0 saturated heterocycles. The lowest BCUT2D eigenvalue weighted by atomic mass is 10.2. The van der Waals surface area contributed by atoms with Crippen LogP contribution >= 0.6 is 0 Å². The molecule has 0 unspecified atom stereocenters. The smallest absolute Gasteiger partial charge is 0.194 e. The number of halogens is 2. The van der Waals surface area contributed by atoms with Crippen LogP contribution in [-0.2, 0) is 13.1 Å². The van der Waals surface area contributed by atoms with Gasteiger partial charge in [-0.2, -0.15) is 0 Å². The van der Waals surface area contributed by atoms with E-state index in [-0.39, 0.29) is 6.54 Å². The van der Waals surface area contributed by atoms with E-state index in [1.54, 1.807) is 13.1 Å². The van der Waals surface area contributed by atoms with Crippen LogP contribution in [0, 0.1) is 11.6 Å². The summed E-state index contributed by atoms with van der Waals surface area (Å²) in [5.74, 6) is -0.613. The molecule has 0 atom stereocenters. The summed E-state index contributed by atoms with van der Waals surface area (Å²) in [7, 11) is 3.46. The number of aliphatic imine (C=N–C) groups is 1. The molecule has 0 saturated carbocycles. The highest BCUT2D eigenvalue weighted by molar-refractivity contribution is 5.79. The number of guanidine groups is 1. The molecule has 0 bridgehead atoms. The molecule has 1 aromatic carbocycles. The normalized spacial score (nSPS) is 11.5. The number of aromatic nitrogens is 1. The lowest BCUT2D eigenvalue weighted by Crippen LogP contribution is -2.38. The second kappa shape index (κ2) is 6.83. The minimum atomic E-state index is -0.599. The third-order valence-electron chi connectivity index (χ3n) is 2.84. The topological polar surface area (TPSA) is 53.7 Å². The van der Waals surface area contributed by atoms with Crippen LogP contribution < -0.4 is 5.32 Å². The molecule has 0 aliphatic heterocycles. The zero-order valence-electron chi connectivity index (χ0n) is 11.8. The van der Waals surface area contributed by atoms with E-state index in [0.717, 1.165) is 11.8 Å². The average molecular weight is 294 g/mol. The summed E-state index contributed by atoms with van der Waals surface area (Å²) in [5, 5.41) is 6.85. The fraction of sp³-hybridized carbons (Fsp3) is 0.286. The minimum absolute atomic E-state index is 0.268. The first-order valence-corrected chi connectivity index (χ1v) is 6.34. The van der Waals surface area contributed by atoms with Crippen LogP contribution in [0.15, 0.2) is 40.0 Å². The fourth-order valence-electron chi connectivity index (χ4n) is 1.92. The van der Waals surface area contributed by atoms with Crippen molar-refractivity contribution in [2.75, 3.05) is 14.1 Å². The van der Waals surface area contributed by atoms with Crippen molar-refractivity contribution in [3.8, 4) is 0 Å². The van der Waals surface area contributed by atoms with E-state index in [1.807, 2.05) is 11.9 Å². The van der Waals surface area contributed by atoms with Crippen LogP contribution in [-0.4, -0.2) is 30.1 Å². The predicted octanol–water partition coefficient (Wildman–Crippen LogP) is 2.16. The molecule has 0 aliphatic carbocycles. The predicted molar refractivity (Wildman–Crippen MR) is 74.5 cm³/mol. The molecular weight excluding hydrogens is 278 g/mol. The summed E-state index contributed by atoms with van der Waals surface area (Å²) < 4.78 is 31.0. The molecule has 21 heavy (non-hydrogen) atoms. The van der Waals surface area contributed by atoms with Gasteiger partial charge in [-0.15, -0.1) is 0 Å². The summed E-state index contributed by atoms with van der Waals surface area (Å²) in [6.45, 7) is 0.776. The molecule has 7 heteroatoms. The van der Waals surface area contributed by atoms with Gasteiger partial charge in [-0.1, -0.05) is 5.16 Å². The number of nitrogens with one attached hydrogen (secondary N) is 1. The van der Waals surface area contributed by atoms with Gasteiger partial charge in [0.1, 0.15) is 23.6 Å². The van der Waals surface area contributed by atoms with E-state index in [1.165, 1.54) is 18.4 Å². The van der Waals surface area contributed by atoms with E-state index in [4.69, 9.17) is 4.52 Å². The zero-order chi connectivity index (χ0) is 15.2. The summed E-state index contributed by atoms with van der Waals surface area (Å²) >= 11 is 0. The molecule has 0 radical (unpaired) electrons. The Kier molecular flexibility index (Phi) is 4.86. The van der Waals surface area contributed by atoms with Crippen molar-refractivity contribution in [2.45, 2.75) is 13.1 Å². The second-order valence-corrected chi connectivity index (χ2v) is 4.53. The van der Waals surface area contributed by atoms with Gasteiger partial charge in [-0.3, -0.25) is 4.99 Å². The van der Waals surface area contributed by atoms with Gasteiger partial charge < -0.3 is 14.7 Å². The lowest BCUT2D eigenvalue weighted by molar-refractivity contribution is 0.391. The van der Waals surface area contributed by atoms with Gasteiger partial charge in [0.15, 0.2) is 5.96 Å². The molecular formula is C14H16F2N4O. The van der Waals surface area contributed by atoms with Crippen molar-refractivity contribution >= 4 is 5.96 Å². The van der Waals surface area contributed by atoms with Crippen molar-refractivity contribution < 1.29 is 13.3 Å². The van der Waals surface area contributed by atoms with E-state index < -0.39 is 11.6 Å². The number of nitrogens with zero attached hydrogens (tertiary/aromatic N) is 3. The second-order valence-electron chi connectivity index (χ2n) is 4.53. The van der Waals surface area contributed by atoms with Crippen LogP contribution in [0.2, 0.25) is 0 Å². The molecule has 0 spiro atoms. The van der Waals surface area contributed by atoms with Crippen LogP contribution in [0.1, 0.15) is 11.3 Å². The third-order valence-corrected chi connectivity index (χ3v) is 2.84. The summed E-state index contributed by atoms with van der Waals surface area (Å²) in [4.78, 5) is 5.94. The number of hydrogen-bond donors (Lipinski definition) is 1. The highest BCUT2D eigenvalue weighted by atomic mass is 19.1. The molecule has 1 heterocycles. The van der Waals surface area contributed by atoms with Crippen molar-refractivity contribution in [3.63, 3.8) is 0 Å². The first-order valence-electron chi connectivity index (χ1n) is 6.34. The monoisotopic (exact) mass is 294 g/mol. The Morgan fingerprint density at radius 2 is 2.05 bits per heavy atom. The van der Waals surface area contributed by atoms with Crippen molar-refractivity contribution in [2.24, 2.45) is 4.99 Å². The Labute approximate surface area is 121 Å². The molecule has 0 aliphatic rings. The molecule has 0 amide bonds. The Hall–Kier alpha value is -2.44. The quantitative estimate of drug-likeness (QED) is 0.693. The van der Waals surface area contributed by atoms with Crippen LogP contribution in [0.3, 0.4) is 0 Å². The minimum Gasteiger partial charge on any atom is -0.364 e. The average Bonchev–Trinajstić information content (AvgIpc) is 2.91. The first-order chi connectivity index (χ1) is 10.1. The summed E-state index contributed by atoms with van der Waals surface area (Å²) in [6.07, 6.45) is 1.49. The molecule has 2 rings (SSSR count). The number of hydrogen-bond acceptors (Lipinski definition) is 3. The third kappa shape index (κ3) is 4.27. The van der Waals surface area contributed by atoms with Gasteiger partial charge in [0.2, 0.25) is 0 Å². The van der Waals surface area contributed by atoms with E-state index in [2.05, 4.69) is 15.5 Å². The zero-order valence-corrected chi connectivity index (χ0v) is 11.8. The van der Waals surface area contributed by atoms with Gasteiger partial charge in [-0.25, -0.2) is 8.78 Å². The standard InChI is InChI=1S/C14H16F2N4O/c1-17-14(20(2)9-13-3-4-21-19-13)18-8-10-5-11(15)7-12(16)6-10/h3-7H,8-9H2,1-2H3,(H,17,18). The van der Waals surface area contributed by atoms with Gasteiger partial charge in [0.25, 0.3) is 0 Å². The molecule has 2 aromatic rings. The highest BCUT2D eigenvalue weighted by Gasteiger charge is 2.09. The lowest BCUT2D eigenvalue weighted by Gasteiger charge is -2.21. The van der Waals surface area contributed by atoms with E-state index >= 15 is 0 Å². The maximum Gasteiger partial charge on any atom is 0.194 e. The molecule has 1 aromatic heterocycles.